The summed E-state index contributed by atoms with van der Waals surface area (Å²) >= 11 is 0. The van der Waals surface area contributed by atoms with Crippen molar-refractivity contribution in [1.29, 1.82) is 0 Å². The minimum absolute atomic E-state index is 0.616. The lowest BCUT2D eigenvalue weighted by atomic mass is 10.1. The zero-order valence-electron chi connectivity index (χ0n) is 21.7. The zero-order chi connectivity index (χ0) is 26.6. The fraction of sp³-hybridized carbons (Fsp3) is 0.0294. The van der Waals surface area contributed by atoms with Gasteiger partial charge in [0.1, 0.15) is 11.3 Å². The van der Waals surface area contributed by atoms with Crippen LogP contribution in [0.25, 0.3) is 72.7 Å². The Hall–Kier alpha value is -5.49. The van der Waals surface area contributed by atoms with Crippen LogP contribution in [0.3, 0.4) is 0 Å². The van der Waals surface area contributed by atoms with Gasteiger partial charge in [-0.3, -0.25) is 4.98 Å². The molecule has 190 valence electrons. The van der Waals surface area contributed by atoms with Gasteiger partial charge in [-0.15, -0.1) is 0 Å². The van der Waals surface area contributed by atoms with E-state index >= 15 is 0 Å². The van der Waals surface area contributed by atoms with Gasteiger partial charge in [0.25, 0.3) is 0 Å². The Morgan fingerprint density at radius 2 is 1.52 bits per heavy atom. The predicted molar refractivity (Wildman–Crippen MR) is 159 cm³/mol. The van der Waals surface area contributed by atoms with Gasteiger partial charge in [-0.2, -0.15) is 0 Å². The molecular weight excluding hydrogens is 494 g/mol. The van der Waals surface area contributed by atoms with E-state index in [1.807, 2.05) is 48.3 Å². The first kappa shape index (κ1) is 22.5. The van der Waals surface area contributed by atoms with Gasteiger partial charge < -0.3 is 13.6 Å². The van der Waals surface area contributed by atoms with E-state index in [0.29, 0.717) is 5.89 Å². The molecule has 0 spiro atoms. The largest absolute Gasteiger partial charge is 0.436 e. The number of pyridine rings is 1. The third-order valence-corrected chi connectivity index (χ3v) is 7.46. The van der Waals surface area contributed by atoms with Crippen molar-refractivity contribution in [3.8, 4) is 39.8 Å². The summed E-state index contributed by atoms with van der Waals surface area (Å²) in [6, 6.07) is 35.5. The minimum atomic E-state index is 0.616. The minimum Gasteiger partial charge on any atom is -0.436 e. The second kappa shape index (κ2) is 8.78. The van der Waals surface area contributed by atoms with Crippen molar-refractivity contribution in [2.45, 2.75) is 0 Å². The molecule has 0 amide bonds. The van der Waals surface area contributed by atoms with Gasteiger partial charge >= 0.3 is 0 Å². The van der Waals surface area contributed by atoms with Crippen molar-refractivity contribution in [3.63, 3.8) is 0 Å². The molecular formula is C34H23N5O. The highest BCUT2D eigenvalue weighted by Gasteiger charge is 2.16. The van der Waals surface area contributed by atoms with E-state index in [2.05, 4.69) is 88.4 Å². The smallest absolute Gasteiger partial charge is 0.227 e. The summed E-state index contributed by atoms with van der Waals surface area (Å²) < 4.78 is 10.4. The molecule has 8 rings (SSSR count). The van der Waals surface area contributed by atoms with Gasteiger partial charge in [0.05, 0.1) is 16.7 Å². The fourth-order valence-electron chi connectivity index (χ4n) is 5.52. The maximum absolute atomic E-state index is 6.11. The number of hydrogen-bond donors (Lipinski definition) is 0. The Kier molecular flexibility index (Phi) is 4.94. The quantitative estimate of drug-likeness (QED) is 0.237. The van der Waals surface area contributed by atoms with E-state index in [1.54, 1.807) is 6.20 Å². The number of nitrogens with zero attached hydrogens (tertiary/aromatic N) is 5. The normalized spacial score (nSPS) is 11.6. The summed E-state index contributed by atoms with van der Waals surface area (Å²) in [6.07, 6.45) is 5.62. The zero-order valence-corrected chi connectivity index (χ0v) is 21.7. The molecule has 0 bridgehead atoms. The van der Waals surface area contributed by atoms with Crippen molar-refractivity contribution in [3.05, 3.63) is 122 Å². The Balaban J connectivity index is 1.27. The van der Waals surface area contributed by atoms with Gasteiger partial charge in [-0.05, 0) is 54.6 Å². The van der Waals surface area contributed by atoms with E-state index in [9.17, 15) is 0 Å². The second-order valence-corrected chi connectivity index (χ2v) is 9.92. The van der Waals surface area contributed by atoms with Gasteiger partial charge in [0, 0.05) is 58.8 Å². The van der Waals surface area contributed by atoms with Crippen molar-refractivity contribution in [1.82, 2.24) is 24.1 Å². The summed E-state index contributed by atoms with van der Waals surface area (Å²) in [6.45, 7) is 0. The first-order valence-electron chi connectivity index (χ1n) is 13.2. The Labute approximate surface area is 229 Å². The van der Waals surface area contributed by atoms with Crippen LogP contribution >= 0.6 is 0 Å². The van der Waals surface area contributed by atoms with Crippen LogP contribution in [0.5, 0.6) is 0 Å². The molecule has 0 N–H and O–H groups in total. The number of benzene rings is 4. The number of fused-ring (bicyclic) bond motifs is 4. The maximum atomic E-state index is 6.11. The third kappa shape index (κ3) is 3.54. The molecule has 0 fully saturated rings. The van der Waals surface area contributed by atoms with E-state index in [4.69, 9.17) is 14.4 Å². The van der Waals surface area contributed by atoms with Crippen molar-refractivity contribution < 1.29 is 4.42 Å². The number of hydrogen-bond acceptors (Lipinski definition) is 4. The molecule has 6 nitrogen and oxygen atoms in total. The van der Waals surface area contributed by atoms with Crippen LogP contribution in [0, 0.1) is 0 Å². The average Bonchev–Trinajstić information content (AvgIpc) is 3.72. The molecule has 0 atom stereocenters. The third-order valence-electron chi connectivity index (χ3n) is 7.46. The molecule has 0 unspecified atom stereocenters. The SMILES string of the molecule is Cn1ccnc1-c1ccc(-c2cccc(-n3c4ccccc4c4ccc(-c5nc6ccccc6o5)cc43)c2)nc1. The number of aryl methyl sites for hydroxylation is 1. The van der Waals surface area contributed by atoms with Crippen molar-refractivity contribution in [2.24, 2.45) is 7.05 Å². The summed E-state index contributed by atoms with van der Waals surface area (Å²) in [7, 11) is 1.99. The standard InChI is InChI=1S/C34H23N5O/c1-38-18-17-35-33(38)24-14-16-28(36-21-24)22-7-6-8-25(19-22)39-30-11-4-2-9-26(30)27-15-13-23(20-31(27)39)34-37-29-10-3-5-12-32(29)40-34/h2-21H,1H3. The van der Waals surface area contributed by atoms with Gasteiger partial charge in [0.15, 0.2) is 5.58 Å². The number of oxazole rings is 1. The van der Waals surface area contributed by atoms with Gasteiger partial charge in [0.2, 0.25) is 5.89 Å². The van der Waals surface area contributed by atoms with Crippen molar-refractivity contribution in [2.75, 3.05) is 0 Å². The maximum Gasteiger partial charge on any atom is 0.227 e. The first-order chi connectivity index (χ1) is 19.7. The molecule has 4 aromatic carbocycles. The number of rotatable bonds is 4. The summed E-state index contributed by atoms with van der Waals surface area (Å²) in [5.74, 6) is 1.51. The highest BCUT2D eigenvalue weighted by atomic mass is 16.3. The molecule has 4 heterocycles. The number of imidazole rings is 1. The Morgan fingerprint density at radius 1 is 0.675 bits per heavy atom. The fourth-order valence-corrected chi connectivity index (χ4v) is 5.52. The lowest BCUT2D eigenvalue weighted by Gasteiger charge is -2.11. The van der Waals surface area contributed by atoms with Crippen molar-refractivity contribution >= 4 is 32.9 Å². The lowest BCUT2D eigenvalue weighted by Crippen LogP contribution is -1.95. The number of aromatic nitrogens is 5. The van der Waals surface area contributed by atoms with E-state index in [0.717, 1.165) is 56.0 Å². The highest BCUT2D eigenvalue weighted by Crippen LogP contribution is 2.36. The van der Waals surface area contributed by atoms with Crippen LogP contribution in [-0.2, 0) is 7.05 Å². The van der Waals surface area contributed by atoms with Crippen LogP contribution in [0.2, 0.25) is 0 Å². The second-order valence-electron chi connectivity index (χ2n) is 9.92. The highest BCUT2D eigenvalue weighted by molar-refractivity contribution is 6.10. The molecule has 6 heteroatoms. The summed E-state index contributed by atoms with van der Waals surface area (Å²) in [4.78, 5) is 14.0. The molecule has 40 heavy (non-hydrogen) atoms. The Bertz CT molecular complexity index is 2150. The molecule has 8 aromatic rings. The van der Waals surface area contributed by atoms with Crippen LogP contribution in [0.4, 0.5) is 0 Å². The van der Waals surface area contributed by atoms with Crippen LogP contribution in [0.15, 0.2) is 126 Å². The lowest BCUT2D eigenvalue weighted by molar-refractivity contribution is 0.620. The predicted octanol–water partition coefficient (Wildman–Crippen LogP) is 8.05. The molecule has 0 saturated carbocycles. The van der Waals surface area contributed by atoms with Gasteiger partial charge in [-0.1, -0.05) is 48.5 Å². The van der Waals surface area contributed by atoms with E-state index in [1.165, 1.54) is 10.8 Å². The van der Waals surface area contributed by atoms with Gasteiger partial charge in [-0.25, -0.2) is 9.97 Å². The summed E-state index contributed by atoms with van der Waals surface area (Å²) in [5, 5.41) is 2.38. The van der Waals surface area contributed by atoms with Crippen LogP contribution in [0.1, 0.15) is 0 Å². The molecule has 0 aliphatic heterocycles. The molecule has 0 aliphatic carbocycles. The van der Waals surface area contributed by atoms with E-state index in [-0.39, 0.29) is 0 Å². The Morgan fingerprint density at radius 3 is 2.38 bits per heavy atom. The van der Waals surface area contributed by atoms with Crippen LogP contribution < -0.4 is 0 Å². The monoisotopic (exact) mass is 517 g/mol. The summed E-state index contributed by atoms with van der Waals surface area (Å²) in [5.41, 5.74) is 8.82. The topological polar surface area (TPSA) is 61.7 Å². The average molecular weight is 518 g/mol. The number of para-hydroxylation sites is 3. The molecule has 4 aromatic heterocycles. The van der Waals surface area contributed by atoms with E-state index < -0.39 is 0 Å². The molecule has 0 radical (unpaired) electrons. The molecule has 0 saturated heterocycles. The van der Waals surface area contributed by atoms with Crippen LogP contribution in [-0.4, -0.2) is 24.1 Å². The first-order valence-corrected chi connectivity index (χ1v) is 13.2. The molecule has 0 aliphatic rings.